The smallest absolute Gasteiger partial charge is 0.180 e. The van der Waals surface area contributed by atoms with Crippen molar-refractivity contribution in [3.63, 3.8) is 0 Å². The normalized spacial score (nSPS) is 25.6. The molecule has 1 heterocycles. The number of piperidine rings is 1. The van der Waals surface area contributed by atoms with E-state index in [1.807, 2.05) is 18.2 Å². The van der Waals surface area contributed by atoms with Gasteiger partial charge in [-0.1, -0.05) is 30.7 Å². The molecule has 0 bridgehead atoms. The van der Waals surface area contributed by atoms with Gasteiger partial charge in [-0.2, -0.15) is 0 Å². The van der Waals surface area contributed by atoms with Gasteiger partial charge in [-0.3, -0.25) is 9.69 Å². The number of carbonyl (C=O) groups excluding carboxylic acids is 1. The molecule has 1 aliphatic carbocycles. The number of rotatable bonds is 1. The van der Waals surface area contributed by atoms with Crippen molar-refractivity contribution in [3.05, 3.63) is 35.4 Å². The Balaban J connectivity index is 1.86. The summed E-state index contributed by atoms with van der Waals surface area (Å²) in [5, 5.41) is 0. The van der Waals surface area contributed by atoms with Crippen molar-refractivity contribution >= 4 is 5.78 Å². The lowest BCUT2D eigenvalue weighted by Gasteiger charge is -2.33. The lowest BCUT2D eigenvalue weighted by molar-refractivity contribution is 0.0772. The Labute approximate surface area is 109 Å². The van der Waals surface area contributed by atoms with Crippen molar-refractivity contribution in [1.82, 2.24) is 4.90 Å². The molecule has 0 N–H and O–H groups in total. The molecule has 0 spiro atoms. The van der Waals surface area contributed by atoms with E-state index in [4.69, 9.17) is 0 Å². The second-order valence-electron chi connectivity index (χ2n) is 5.53. The summed E-state index contributed by atoms with van der Waals surface area (Å²) in [5.74, 6) is 0.366. The molecule has 1 atom stereocenters. The predicted molar refractivity (Wildman–Crippen MR) is 72.9 cm³/mol. The topological polar surface area (TPSA) is 20.3 Å². The van der Waals surface area contributed by atoms with Gasteiger partial charge in [0.25, 0.3) is 0 Å². The van der Waals surface area contributed by atoms with Gasteiger partial charge in [-0.25, -0.2) is 0 Å². The van der Waals surface area contributed by atoms with Crippen LogP contribution in [-0.2, 0) is 6.42 Å². The number of hydrogen-bond donors (Lipinski definition) is 0. The van der Waals surface area contributed by atoms with Gasteiger partial charge in [-0.15, -0.1) is 0 Å². The molecule has 1 aliphatic heterocycles. The largest absolute Gasteiger partial charge is 0.293 e. The van der Waals surface area contributed by atoms with Crippen molar-refractivity contribution in [2.75, 3.05) is 13.1 Å². The zero-order valence-corrected chi connectivity index (χ0v) is 10.9. The molecule has 3 rings (SSSR count). The number of fused-ring (bicyclic) bond motifs is 1. The molecule has 2 nitrogen and oxygen atoms in total. The highest BCUT2D eigenvalue weighted by Gasteiger charge is 2.30. The predicted octanol–water partition coefficient (Wildman–Crippen LogP) is 3.06. The maximum absolute atomic E-state index is 12.7. The Morgan fingerprint density at radius 1 is 1.00 bits per heavy atom. The van der Waals surface area contributed by atoms with E-state index in [0.717, 1.165) is 37.9 Å². The molecule has 0 saturated carbocycles. The Morgan fingerprint density at radius 3 is 2.61 bits per heavy atom. The minimum absolute atomic E-state index is 0.147. The van der Waals surface area contributed by atoms with Gasteiger partial charge in [0.15, 0.2) is 5.78 Å². The summed E-state index contributed by atoms with van der Waals surface area (Å²) in [6.45, 7) is 2.22. The standard InChI is InChI=1S/C16H21NO/c18-16-14-9-3-2-7-13(14)8-6-10-15(16)17-11-4-1-5-12-17/h2-3,7,9,15H,1,4-6,8,10-12H2. The molecule has 18 heavy (non-hydrogen) atoms. The van der Waals surface area contributed by atoms with Crippen LogP contribution in [0.25, 0.3) is 0 Å². The van der Waals surface area contributed by atoms with Gasteiger partial charge in [0.05, 0.1) is 6.04 Å². The molecule has 0 radical (unpaired) electrons. The van der Waals surface area contributed by atoms with Gasteiger partial charge in [0.1, 0.15) is 0 Å². The highest BCUT2D eigenvalue weighted by Crippen LogP contribution is 2.25. The average molecular weight is 243 g/mol. The van der Waals surface area contributed by atoms with Crippen LogP contribution in [0.2, 0.25) is 0 Å². The first-order chi connectivity index (χ1) is 8.86. The van der Waals surface area contributed by atoms with Crippen molar-refractivity contribution in [3.8, 4) is 0 Å². The van der Waals surface area contributed by atoms with Gasteiger partial charge in [-0.05, 0) is 50.8 Å². The van der Waals surface area contributed by atoms with E-state index in [1.54, 1.807) is 0 Å². The Kier molecular flexibility index (Phi) is 3.46. The van der Waals surface area contributed by atoms with Crippen molar-refractivity contribution in [2.45, 2.75) is 44.6 Å². The Hall–Kier alpha value is -1.15. The molecule has 2 aliphatic rings. The molecule has 1 aromatic carbocycles. The number of carbonyl (C=O) groups is 1. The fourth-order valence-corrected chi connectivity index (χ4v) is 3.35. The number of hydrogen-bond acceptors (Lipinski definition) is 2. The van der Waals surface area contributed by atoms with Crippen LogP contribution < -0.4 is 0 Å². The third-order valence-corrected chi connectivity index (χ3v) is 4.34. The quantitative estimate of drug-likeness (QED) is 0.707. The van der Waals surface area contributed by atoms with Gasteiger partial charge < -0.3 is 0 Å². The van der Waals surface area contributed by atoms with Gasteiger partial charge >= 0.3 is 0 Å². The monoisotopic (exact) mass is 243 g/mol. The fourth-order valence-electron chi connectivity index (χ4n) is 3.35. The average Bonchev–Trinajstić information content (AvgIpc) is 2.60. The van der Waals surface area contributed by atoms with E-state index < -0.39 is 0 Å². The lowest BCUT2D eigenvalue weighted by atomic mass is 9.98. The fraction of sp³-hybridized carbons (Fsp3) is 0.562. The van der Waals surface area contributed by atoms with E-state index in [9.17, 15) is 4.79 Å². The van der Waals surface area contributed by atoms with Crippen LogP contribution in [0.1, 0.15) is 48.0 Å². The van der Waals surface area contributed by atoms with E-state index in [0.29, 0.717) is 5.78 Å². The number of Topliss-reactive ketones (excluding diaryl/α,β-unsaturated/α-hetero) is 1. The molecule has 96 valence electrons. The second kappa shape index (κ2) is 5.23. The third kappa shape index (κ3) is 2.22. The van der Waals surface area contributed by atoms with Crippen LogP contribution in [0.5, 0.6) is 0 Å². The zero-order chi connectivity index (χ0) is 12.4. The summed E-state index contributed by atoms with van der Waals surface area (Å²) in [4.78, 5) is 15.1. The molecule has 1 saturated heterocycles. The molecule has 1 fully saturated rings. The van der Waals surface area contributed by atoms with Crippen LogP contribution in [-0.4, -0.2) is 29.8 Å². The number of likely N-dealkylation sites (tertiary alicyclic amines) is 1. The maximum atomic E-state index is 12.7. The van der Waals surface area contributed by atoms with E-state index >= 15 is 0 Å². The summed E-state index contributed by atoms with van der Waals surface area (Å²) < 4.78 is 0. The summed E-state index contributed by atoms with van der Waals surface area (Å²) in [6.07, 6.45) is 7.08. The second-order valence-corrected chi connectivity index (χ2v) is 5.53. The number of benzene rings is 1. The van der Waals surface area contributed by atoms with Crippen LogP contribution in [0, 0.1) is 0 Å². The van der Waals surface area contributed by atoms with Crippen LogP contribution >= 0.6 is 0 Å². The van der Waals surface area contributed by atoms with Crippen molar-refractivity contribution in [1.29, 1.82) is 0 Å². The number of aryl methyl sites for hydroxylation is 1. The van der Waals surface area contributed by atoms with Crippen molar-refractivity contribution < 1.29 is 4.79 Å². The zero-order valence-electron chi connectivity index (χ0n) is 10.9. The van der Waals surface area contributed by atoms with Crippen molar-refractivity contribution in [2.24, 2.45) is 0 Å². The molecule has 0 aromatic heterocycles. The summed E-state index contributed by atoms with van der Waals surface area (Å²) in [7, 11) is 0. The minimum atomic E-state index is 0.147. The Bertz CT molecular complexity index is 434. The third-order valence-electron chi connectivity index (χ3n) is 4.34. The highest BCUT2D eigenvalue weighted by molar-refractivity contribution is 6.01. The lowest BCUT2D eigenvalue weighted by Crippen LogP contribution is -2.43. The summed E-state index contributed by atoms with van der Waals surface area (Å²) >= 11 is 0. The van der Waals surface area contributed by atoms with Crippen LogP contribution in [0.4, 0.5) is 0 Å². The molecule has 1 aromatic rings. The summed E-state index contributed by atoms with van der Waals surface area (Å²) in [5.41, 5.74) is 2.23. The maximum Gasteiger partial charge on any atom is 0.180 e. The summed E-state index contributed by atoms with van der Waals surface area (Å²) in [6, 6.07) is 8.32. The molecular weight excluding hydrogens is 222 g/mol. The molecule has 2 heteroatoms. The molecule has 0 amide bonds. The van der Waals surface area contributed by atoms with E-state index in [-0.39, 0.29) is 6.04 Å². The minimum Gasteiger partial charge on any atom is -0.293 e. The number of ketones is 1. The molecular formula is C16H21NO. The highest BCUT2D eigenvalue weighted by atomic mass is 16.1. The molecule has 1 unspecified atom stereocenters. The first-order valence-electron chi connectivity index (χ1n) is 7.22. The SMILES string of the molecule is O=C1c2ccccc2CCCC1N1CCCCC1. The number of nitrogens with zero attached hydrogens (tertiary/aromatic N) is 1. The van der Waals surface area contributed by atoms with Gasteiger partial charge in [0, 0.05) is 5.56 Å². The Morgan fingerprint density at radius 2 is 1.78 bits per heavy atom. The van der Waals surface area contributed by atoms with Crippen LogP contribution in [0.15, 0.2) is 24.3 Å². The van der Waals surface area contributed by atoms with E-state index in [1.165, 1.54) is 24.8 Å². The van der Waals surface area contributed by atoms with Gasteiger partial charge in [0.2, 0.25) is 0 Å². The first-order valence-corrected chi connectivity index (χ1v) is 7.22. The van der Waals surface area contributed by atoms with E-state index in [2.05, 4.69) is 11.0 Å². The first kappa shape index (κ1) is 11.9. The van der Waals surface area contributed by atoms with Crippen LogP contribution in [0.3, 0.4) is 0 Å².